The molecular weight excluding hydrogens is 352 g/mol. The molecule has 0 spiro atoms. The van der Waals surface area contributed by atoms with Crippen molar-refractivity contribution in [3.63, 3.8) is 0 Å². The lowest BCUT2D eigenvalue weighted by atomic mass is 10.1. The number of hydrogen-bond donors (Lipinski definition) is 0. The smallest absolute Gasteiger partial charge is 0.253 e. The Bertz CT molecular complexity index is 800. The third-order valence-corrected chi connectivity index (χ3v) is 6.06. The monoisotopic (exact) mass is 382 g/mol. The molecule has 150 valence electrons. The molecule has 2 aromatic rings. The van der Waals surface area contributed by atoms with Crippen LogP contribution in [0.25, 0.3) is 0 Å². The number of nitrogens with zero attached hydrogens (tertiary/aromatic N) is 4. The van der Waals surface area contributed by atoms with Gasteiger partial charge >= 0.3 is 0 Å². The molecule has 1 aromatic carbocycles. The SMILES string of the molecule is Cc1c(CN2CCC(Oc3ccc(C(=O)N4CCCC4)cc3)CC2)cnn1C. The van der Waals surface area contributed by atoms with Crippen molar-refractivity contribution in [1.82, 2.24) is 19.6 Å². The van der Waals surface area contributed by atoms with Crippen LogP contribution in [0.1, 0.15) is 47.3 Å². The highest BCUT2D eigenvalue weighted by atomic mass is 16.5. The van der Waals surface area contributed by atoms with E-state index in [9.17, 15) is 4.79 Å². The van der Waals surface area contributed by atoms with Crippen molar-refractivity contribution in [3.8, 4) is 5.75 Å². The Morgan fingerprint density at radius 3 is 2.39 bits per heavy atom. The lowest BCUT2D eigenvalue weighted by molar-refractivity contribution is 0.0792. The Morgan fingerprint density at radius 2 is 1.79 bits per heavy atom. The fourth-order valence-corrected chi connectivity index (χ4v) is 4.10. The van der Waals surface area contributed by atoms with E-state index < -0.39 is 0 Å². The number of aryl methyl sites for hydroxylation is 1. The average Bonchev–Trinajstić information content (AvgIpc) is 3.36. The highest BCUT2D eigenvalue weighted by Crippen LogP contribution is 2.22. The molecule has 0 unspecified atom stereocenters. The number of benzene rings is 1. The molecule has 0 radical (unpaired) electrons. The Hall–Kier alpha value is -2.34. The van der Waals surface area contributed by atoms with Crippen molar-refractivity contribution in [2.24, 2.45) is 7.05 Å². The summed E-state index contributed by atoms with van der Waals surface area (Å²) in [7, 11) is 1.99. The summed E-state index contributed by atoms with van der Waals surface area (Å²) in [5, 5.41) is 4.34. The minimum Gasteiger partial charge on any atom is -0.490 e. The Balaban J connectivity index is 1.26. The van der Waals surface area contributed by atoms with Crippen LogP contribution >= 0.6 is 0 Å². The van der Waals surface area contributed by atoms with Crippen molar-refractivity contribution in [2.75, 3.05) is 26.2 Å². The van der Waals surface area contributed by atoms with Gasteiger partial charge in [-0.1, -0.05) is 0 Å². The fraction of sp³-hybridized carbons (Fsp3) is 0.545. The van der Waals surface area contributed by atoms with Gasteiger partial charge in [-0.2, -0.15) is 5.10 Å². The number of carbonyl (C=O) groups excluding carboxylic acids is 1. The number of piperidine rings is 1. The van der Waals surface area contributed by atoms with E-state index in [1.54, 1.807) is 0 Å². The fourth-order valence-electron chi connectivity index (χ4n) is 4.10. The van der Waals surface area contributed by atoms with Crippen LogP contribution in [-0.4, -0.2) is 57.8 Å². The number of carbonyl (C=O) groups is 1. The zero-order valence-electron chi connectivity index (χ0n) is 16.9. The second-order valence-electron chi connectivity index (χ2n) is 8.00. The van der Waals surface area contributed by atoms with Gasteiger partial charge < -0.3 is 9.64 Å². The van der Waals surface area contributed by atoms with Crippen LogP contribution in [0.3, 0.4) is 0 Å². The molecular formula is C22H30N4O2. The van der Waals surface area contributed by atoms with Gasteiger partial charge in [-0.25, -0.2) is 0 Å². The number of aromatic nitrogens is 2. The van der Waals surface area contributed by atoms with Crippen molar-refractivity contribution >= 4 is 5.91 Å². The molecule has 2 aliphatic rings. The molecule has 0 N–H and O–H groups in total. The van der Waals surface area contributed by atoms with Gasteiger partial charge in [-0.3, -0.25) is 14.4 Å². The Morgan fingerprint density at radius 1 is 1.11 bits per heavy atom. The third-order valence-electron chi connectivity index (χ3n) is 6.06. The van der Waals surface area contributed by atoms with Gasteiger partial charge in [0.05, 0.1) is 6.20 Å². The van der Waals surface area contributed by atoms with Gasteiger partial charge in [0.1, 0.15) is 11.9 Å². The van der Waals surface area contributed by atoms with E-state index in [4.69, 9.17) is 4.74 Å². The largest absolute Gasteiger partial charge is 0.490 e. The highest BCUT2D eigenvalue weighted by molar-refractivity contribution is 5.94. The maximum absolute atomic E-state index is 12.4. The lowest BCUT2D eigenvalue weighted by Gasteiger charge is -2.32. The number of amides is 1. The van der Waals surface area contributed by atoms with E-state index in [-0.39, 0.29) is 12.0 Å². The normalized spacial score (nSPS) is 18.6. The van der Waals surface area contributed by atoms with Crippen LogP contribution < -0.4 is 4.74 Å². The molecule has 1 aromatic heterocycles. The van der Waals surface area contributed by atoms with E-state index in [0.29, 0.717) is 0 Å². The van der Waals surface area contributed by atoms with Crippen molar-refractivity contribution in [1.29, 1.82) is 0 Å². The minimum atomic E-state index is 0.142. The van der Waals surface area contributed by atoms with E-state index in [1.165, 1.54) is 11.3 Å². The minimum absolute atomic E-state index is 0.142. The topological polar surface area (TPSA) is 50.6 Å². The van der Waals surface area contributed by atoms with Crippen LogP contribution in [-0.2, 0) is 13.6 Å². The summed E-state index contributed by atoms with van der Waals surface area (Å²) in [4.78, 5) is 16.8. The lowest BCUT2D eigenvalue weighted by Crippen LogP contribution is -2.37. The zero-order chi connectivity index (χ0) is 19.5. The highest BCUT2D eigenvalue weighted by Gasteiger charge is 2.22. The number of rotatable bonds is 5. The second-order valence-corrected chi connectivity index (χ2v) is 8.00. The van der Waals surface area contributed by atoms with Gasteiger partial charge in [0, 0.05) is 56.6 Å². The summed E-state index contributed by atoms with van der Waals surface area (Å²) in [6.07, 6.45) is 6.49. The van der Waals surface area contributed by atoms with Crippen LogP contribution in [0.4, 0.5) is 0 Å². The van der Waals surface area contributed by atoms with Crippen LogP contribution in [0.5, 0.6) is 5.75 Å². The number of ether oxygens (including phenoxy) is 1. The molecule has 6 heteroatoms. The third kappa shape index (κ3) is 4.22. The number of likely N-dealkylation sites (tertiary alicyclic amines) is 2. The average molecular weight is 383 g/mol. The summed E-state index contributed by atoms with van der Waals surface area (Å²) in [5.74, 6) is 1.00. The molecule has 4 rings (SSSR count). The second kappa shape index (κ2) is 8.35. The molecule has 2 aliphatic heterocycles. The molecule has 2 fully saturated rings. The first-order chi connectivity index (χ1) is 13.6. The maximum atomic E-state index is 12.4. The van der Waals surface area contributed by atoms with Crippen LogP contribution in [0, 0.1) is 6.92 Å². The van der Waals surface area contributed by atoms with E-state index >= 15 is 0 Å². The van der Waals surface area contributed by atoms with Gasteiger partial charge in [0.25, 0.3) is 5.91 Å². The van der Waals surface area contributed by atoms with Crippen molar-refractivity contribution < 1.29 is 9.53 Å². The predicted octanol–water partition coefficient (Wildman–Crippen LogP) is 3.01. The Kier molecular flexibility index (Phi) is 5.67. The first-order valence-corrected chi connectivity index (χ1v) is 10.4. The molecule has 6 nitrogen and oxygen atoms in total. The molecule has 28 heavy (non-hydrogen) atoms. The molecule has 0 saturated carbocycles. The molecule has 2 saturated heterocycles. The van der Waals surface area contributed by atoms with Gasteiger partial charge in [0.15, 0.2) is 0 Å². The molecule has 0 bridgehead atoms. The van der Waals surface area contributed by atoms with Crippen LogP contribution in [0.15, 0.2) is 30.5 Å². The predicted molar refractivity (Wildman–Crippen MR) is 108 cm³/mol. The summed E-state index contributed by atoms with van der Waals surface area (Å²) in [6, 6.07) is 7.68. The van der Waals surface area contributed by atoms with E-state index in [0.717, 1.165) is 69.7 Å². The quantitative estimate of drug-likeness (QED) is 0.798. The van der Waals surface area contributed by atoms with Gasteiger partial charge in [0.2, 0.25) is 0 Å². The van der Waals surface area contributed by atoms with Crippen LogP contribution in [0.2, 0.25) is 0 Å². The molecule has 0 atom stereocenters. The van der Waals surface area contributed by atoms with Crippen molar-refractivity contribution in [2.45, 2.75) is 45.3 Å². The first-order valence-electron chi connectivity index (χ1n) is 10.4. The summed E-state index contributed by atoms with van der Waals surface area (Å²) < 4.78 is 8.11. The molecule has 0 aliphatic carbocycles. The van der Waals surface area contributed by atoms with Crippen molar-refractivity contribution in [3.05, 3.63) is 47.3 Å². The van der Waals surface area contributed by atoms with Gasteiger partial charge in [-0.15, -0.1) is 0 Å². The van der Waals surface area contributed by atoms with E-state index in [1.807, 2.05) is 47.1 Å². The zero-order valence-corrected chi connectivity index (χ0v) is 16.9. The molecule has 3 heterocycles. The maximum Gasteiger partial charge on any atom is 0.253 e. The summed E-state index contributed by atoms with van der Waals surface area (Å²) in [6.45, 7) is 6.91. The van der Waals surface area contributed by atoms with Gasteiger partial charge in [-0.05, 0) is 56.9 Å². The Labute approximate surface area is 167 Å². The first kappa shape index (κ1) is 19.0. The standard InChI is InChI=1S/C22H30N4O2/c1-17-19(15-23-24(17)2)16-25-13-9-21(10-14-25)28-20-7-5-18(6-8-20)22(27)26-11-3-4-12-26/h5-8,15,21H,3-4,9-14,16H2,1-2H3. The summed E-state index contributed by atoms with van der Waals surface area (Å²) >= 11 is 0. The summed E-state index contributed by atoms with van der Waals surface area (Å²) in [5.41, 5.74) is 3.30. The molecule has 1 amide bonds. The number of hydrogen-bond acceptors (Lipinski definition) is 4. The van der Waals surface area contributed by atoms with E-state index in [2.05, 4.69) is 16.9 Å².